The Balaban J connectivity index is 1.99. The number of fused-ring (bicyclic) bond motifs is 1. The fraction of sp³-hybridized carbons (Fsp3) is 0.250. The van der Waals surface area contributed by atoms with Gasteiger partial charge in [-0.3, -0.25) is 4.79 Å². The van der Waals surface area contributed by atoms with Crippen LogP contribution in [0.3, 0.4) is 0 Å². The monoisotopic (exact) mass is 369 g/mol. The van der Waals surface area contributed by atoms with Crippen LogP contribution in [0.15, 0.2) is 36.5 Å². The number of rotatable bonds is 6. The molecule has 1 amide bonds. The van der Waals surface area contributed by atoms with Gasteiger partial charge < -0.3 is 29.4 Å². The quantitative estimate of drug-likeness (QED) is 0.695. The predicted octanol–water partition coefficient (Wildman–Crippen LogP) is 3.51. The summed E-state index contributed by atoms with van der Waals surface area (Å²) >= 11 is 0. The lowest BCUT2D eigenvalue weighted by Gasteiger charge is -2.14. The number of nitrogens with zero attached hydrogens (tertiary/aromatic N) is 1. The van der Waals surface area contributed by atoms with Crippen molar-refractivity contribution in [3.05, 3.63) is 42.1 Å². The lowest BCUT2D eigenvalue weighted by atomic mass is 10.1. The number of aromatic nitrogens is 1. The number of carbonyl (C=O) groups excluding carboxylic acids is 1. The first-order valence-corrected chi connectivity index (χ1v) is 8.39. The number of amides is 1. The van der Waals surface area contributed by atoms with Crippen molar-refractivity contribution in [2.24, 2.45) is 0 Å². The Kier molecular flexibility index (Phi) is 5.12. The molecule has 142 valence electrons. The standard InChI is InChI=1S/C20H23N3O4/c1-23(2)13-8-6-12(7-9-13)22-20(24)14-11-21-15-10-16(25-3)18(26-4)19(27-5)17(14)15/h6-11,21H,1-5H3,(H,22,24). The minimum atomic E-state index is -0.246. The summed E-state index contributed by atoms with van der Waals surface area (Å²) in [7, 11) is 8.55. The highest BCUT2D eigenvalue weighted by Gasteiger charge is 2.22. The van der Waals surface area contributed by atoms with E-state index < -0.39 is 0 Å². The van der Waals surface area contributed by atoms with E-state index in [0.29, 0.717) is 33.9 Å². The highest BCUT2D eigenvalue weighted by Crippen LogP contribution is 2.44. The van der Waals surface area contributed by atoms with Crippen LogP contribution in [0.4, 0.5) is 11.4 Å². The minimum Gasteiger partial charge on any atom is -0.493 e. The minimum absolute atomic E-state index is 0.246. The van der Waals surface area contributed by atoms with Crippen molar-refractivity contribution in [2.45, 2.75) is 0 Å². The first-order valence-electron chi connectivity index (χ1n) is 8.39. The number of benzene rings is 2. The molecule has 0 aliphatic carbocycles. The molecule has 3 rings (SSSR count). The topological polar surface area (TPSA) is 75.8 Å². The predicted molar refractivity (Wildman–Crippen MR) is 107 cm³/mol. The summed E-state index contributed by atoms with van der Waals surface area (Å²) in [5.74, 6) is 1.16. The molecule has 0 saturated carbocycles. The maximum absolute atomic E-state index is 12.9. The number of methoxy groups -OCH3 is 3. The van der Waals surface area contributed by atoms with Gasteiger partial charge in [-0.05, 0) is 24.3 Å². The van der Waals surface area contributed by atoms with E-state index >= 15 is 0 Å². The maximum atomic E-state index is 12.9. The molecule has 2 aromatic carbocycles. The first kappa shape index (κ1) is 18.4. The zero-order valence-corrected chi connectivity index (χ0v) is 16.0. The average Bonchev–Trinajstić information content (AvgIpc) is 3.10. The fourth-order valence-corrected chi connectivity index (χ4v) is 2.98. The number of ether oxygens (including phenoxy) is 3. The van der Waals surface area contributed by atoms with Gasteiger partial charge in [-0.2, -0.15) is 0 Å². The van der Waals surface area contributed by atoms with Crippen LogP contribution in [0.1, 0.15) is 10.4 Å². The Hall–Kier alpha value is -3.35. The summed E-state index contributed by atoms with van der Waals surface area (Å²) < 4.78 is 16.3. The van der Waals surface area contributed by atoms with Gasteiger partial charge in [-0.25, -0.2) is 0 Å². The van der Waals surface area contributed by atoms with Gasteiger partial charge in [0.2, 0.25) is 5.75 Å². The Morgan fingerprint density at radius 1 is 1.00 bits per heavy atom. The smallest absolute Gasteiger partial charge is 0.257 e. The van der Waals surface area contributed by atoms with Crippen molar-refractivity contribution in [2.75, 3.05) is 45.6 Å². The molecule has 1 heterocycles. The van der Waals surface area contributed by atoms with Crippen LogP contribution in [0.5, 0.6) is 17.2 Å². The van der Waals surface area contributed by atoms with Gasteiger partial charge in [0, 0.05) is 37.7 Å². The van der Waals surface area contributed by atoms with Crippen LogP contribution in [0, 0.1) is 0 Å². The number of aromatic amines is 1. The van der Waals surface area contributed by atoms with E-state index in [9.17, 15) is 4.79 Å². The molecule has 0 radical (unpaired) electrons. The van der Waals surface area contributed by atoms with Crippen LogP contribution in [0.2, 0.25) is 0 Å². The Morgan fingerprint density at radius 3 is 2.22 bits per heavy atom. The molecule has 0 unspecified atom stereocenters. The number of H-pyrrole nitrogens is 1. The molecular formula is C20H23N3O4. The number of hydrogen-bond donors (Lipinski definition) is 2. The van der Waals surface area contributed by atoms with Crippen molar-refractivity contribution in [3.63, 3.8) is 0 Å². The fourth-order valence-electron chi connectivity index (χ4n) is 2.98. The maximum Gasteiger partial charge on any atom is 0.257 e. The van der Waals surface area contributed by atoms with Crippen LogP contribution >= 0.6 is 0 Å². The second-order valence-electron chi connectivity index (χ2n) is 6.17. The molecular weight excluding hydrogens is 346 g/mol. The van der Waals surface area contributed by atoms with E-state index in [1.807, 2.05) is 43.3 Å². The summed E-state index contributed by atoms with van der Waals surface area (Å²) in [5.41, 5.74) is 2.94. The summed E-state index contributed by atoms with van der Waals surface area (Å²) in [6.07, 6.45) is 1.65. The second kappa shape index (κ2) is 7.49. The van der Waals surface area contributed by atoms with Crippen LogP contribution in [-0.2, 0) is 0 Å². The zero-order chi connectivity index (χ0) is 19.6. The normalized spacial score (nSPS) is 10.6. The Labute approximate surface area is 157 Å². The molecule has 0 aliphatic rings. The molecule has 1 aromatic heterocycles. The van der Waals surface area contributed by atoms with Crippen molar-refractivity contribution >= 4 is 28.2 Å². The van der Waals surface area contributed by atoms with Gasteiger partial charge in [0.15, 0.2) is 11.5 Å². The number of nitrogens with one attached hydrogen (secondary N) is 2. The summed E-state index contributed by atoms with van der Waals surface area (Å²) in [5, 5.41) is 3.55. The van der Waals surface area contributed by atoms with Crippen LogP contribution < -0.4 is 24.4 Å². The van der Waals surface area contributed by atoms with E-state index in [4.69, 9.17) is 14.2 Å². The molecule has 0 bridgehead atoms. The van der Waals surface area contributed by atoms with Crippen molar-refractivity contribution in [1.82, 2.24) is 4.98 Å². The van der Waals surface area contributed by atoms with Gasteiger partial charge in [-0.1, -0.05) is 0 Å². The molecule has 7 nitrogen and oxygen atoms in total. The molecule has 3 aromatic rings. The van der Waals surface area contributed by atoms with Crippen LogP contribution in [-0.4, -0.2) is 46.3 Å². The summed E-state index contributed by atoms with van der Waals surface area (Å²) in [6.45, 7) is 0. The van der Waals surface area contributed by atoms with E-state index in [-0.39, 0.29) is 5.91 Å². The van der Waals surface area contributed by atoms with Gasteiger partial charge in [0.05, 0.1) is 37.8 Å². The number of carbonyl (C=O) groups is 1. The van der Waals surface area contributed by atoms with Crippen molar-refractivity contribution < 1.29 is 19.0 Å². The molecule has 2 N–H and O–H groups in total. The molecule has 0 saturated heterocycles. The average molecular weight is 369 g/mol. The van der Waals surface area contributed by atoms with Crippen molar-refractivity contribution in [1.29, 1.82) is 0 Å². The zero-order valence-electron chi connectivity index (χ0n) is 16.0. The molecule has 7 heteroatoms. The molecule has 0 aliphatic heterocycles. The molecule has 0 fully saturated rings. The number of anilines is 2. The third-order valence-electron chi connectivity index (χ3n) is 4.36. The first-order chi connectivity index (χ1) is 13.0. The highest BCUT2D eigenvalue weighted by molar-refractivity contribution is 6.15. The lowest BCUT2D eigenvalue weighted by Crippen LogP contribution is -2.12. The molecule has 27 heavy (non-hydrogen) atoms. The van der Waals surface area contributed by atoms with Gasteiger partial charge in [0.1, 0.15) is 0 Å². The Bertz CT molecular complexity index is 962. The van der Waals surface area contributed by atoms with Gasteiger partial charge in [-0.15, -0.1) is 0 Å². The molecule has 0 atom stereocenters. The van der Waals surface area contributed by atoms with E-state index in [0.717, 1.165) is 11.2 Å². The number of hydrogen-bond acceptors (Lipinski definition) is 5. The van der Waals surface area contributed by atoms with Crippen molar-refractivity contribution in [3.8, 4) is 17.2 Å². The van der Waals surface area contributed by atoms with Gasteiger partial charge in [0.25, 0.3) is 5.91 Å². The third-order valence-corrected chi connectivity index (χ3v) is 4.36. The second-order valence-corrected chi connectivity index (χ2v) is 6.17. The Morgan fingerprint density at radius 2 is 1.67 bits per heavy atom. The lowest BCUT2D eigenvalue weighted by molar-refractivity contribution is 0.102. The summed E-state index contributed by atoms with van der Waals surface area (Å²) in [6, 6.07) is 9.39. The van der Waals surface area contributed by atoms with E-state index in [1.165, 1.54) is 14.2 Å². The van der Waals surface area contributed by atoms with Gasteiger partial charge >= 0.3 is 0 Å². The van der Waals surface area contributed by atoms with E-state index in [2.05, 4.69) is 10.3 Å². The SMILES string of the molecule is COc1cc2[nH]cc(C(=O)Nc3ccc(N(C)C)cc3)c2c(OC)c1OC. The largest absolute Gasteiger partial charge is 0.493 e. The summed E-state index contributed by atoms with van der Waals surface area (Å²) in [4.78, 5) is 18.0. The third kappa shape index (κ3) is 3.36. The van der Waals surface area contributed by atoms with E-state index in [1.54, 1.807) is 19.4 Å². The van der Waals surface area contributed by atoms with Crippen LogP contribution in [0.25, 0.3) is 10.9 Å². The molecule has 0 spiro atoms. The highest BCUT2D eigenvalue weighted by atomic mass is 16.5.